The Labute approximate surface area is 184 Å². The number of amides is 1. The number of piperazine rings is 1. The Hall–Kier alpha value is -2.08. The molecule has 0 bridgehead atoms. The van der Waals surface area contributed by atoms with Crippen LogP contribution in [0.15, 0.2) is 42.5 Å². The van der Waals surface area contributed by atoms with E-state index in [4.69, 9.17) is 16.3 Å². The maximum absolute atomic E-state index is 12.8. The molecule has 2 aliphatic rings. The van der Waals surface area contributed by atoms with E-state index in [1.54, 1.807) is 12.1 Å². The van der Waals surface area contributed by atoms with Gasteiger partial charge in [-0.3, -0.25) is 9.69 Å². The largest absolute Gasteiger partial charge is 0.373 e. The molecule has 0 spiro atoms. The molecule has 5 nitrogen and oxygen atoms in total. The highest BCUT2D eigenvalue weighted by Crippen LogP contribution is 2.21. The van der Waals surface area contributed by atoms with Gasteiger partial charge in [0.25, 0.3) is 5.91 Å². The van der Waals surface area contributed by atoms with Gasteiger partial charge in [-0.2, -0.15) is 0 Å². The Morgan fingerprint density at radius 2 is 1.83 bits per heavy atom. The minimum atomic E-state index is 0.0327. The molecule has 2 saturated heterocycles. The number of carbonyl (C=O) groups excluding carboxylic acids is 1. The van der Waals surface area contributed by atoms with Crippen molar-refractivity contribution in [1.29, 1.82) is 0 Å². The third-order valence-electron chi connectivity index (χ3n) is 6.19. The second kappa shape index (κ2) is 9.38. The van der Waals surface area contributed by atoms with Gasteiger partial charge in [-0.15, -0.1) is 0 Å². The van der Waals surface area contributed by atoms with Crippen LogP contribution in [0.4, 0.5) is 5.69 Å². The summed E-state index contributed by atoms with van der Waals surface area (Å²) in [6, 6.07) is 13.9. The molecule has 6 heteroatoms. The summed E-state index contributed by atoms with van der Waals surface area (Å²) in [5.41, 5.74) is 4.63. The number of aryl methyl sites for hydroxylation is 2. The van der Waals surface area contributed by atoms with Crippen molar-refractivity contribution < 1.29 is 9.53 Å². The summed E-state index contributed by atoms with van der Waals surface area (Å²) in [6.45, 7) is 11.1. The van der Waals surface area contributed by atoms with Crippen molar-refractivity contribution in [2.75, 3.05) is 57.3 Å². The van der Waals surface area contributed by atoms with Crippen molar-refractivity contribution in [2.45, 2.75) is 20.0 Å². The molecule has 0 aromatic heterocycles. The highest BCUT2D eigenvalue weighted by atomic mass is 35.5. The monoisotopic (exact) mass is 427 g/mol. The molecule has 0 radical (unpaired) electrons. The van der Waals surface area contributed by atoms with E-state index in [-0.39, 0.29) is 12.0 Å². The fourth-order valence-corrected chi connectivity index (χ4v) is 4.41. The normalized spacial score (nSPS) is 20.4. The van der Waals surface area contributed by atoms with Crippen molar-refractivity contribution >= 4 is 23.2 Å². The first-order valence-corrected chi connectivity index (χ1v) is 11.1. The first-order chi connectivity index (χ1) is 14.5. The lowest BCUT2D eigenvalue weighted by Gasteiger charge is -2.40. The average molecular weight is 428 g/mol. The highest BCUT2D eigenvalue weighted by Gasteiger charge is 2.28. The van der Waals surface area contributed by atoms with Crippen molar-refractivity contribution in [2.24, 2.45) is 0 Å². The zero-order valence-electron chi connectivity index (χ0n) is 17.8. The Morgan fingerprint density at radius 1 is 1.03 bits per heavy atom. The zero-order chi connectivity index (χ0) is 21.1. The number of ether oxygens (including phenoxy) is 1. The molecule has 160 valence electrons. The molecule has 0 saturated carbocycles. The predicted molar refractivity (Wildman–Crippen MR) is 122 cm³/mol. The maximum atomic E-state index is 12.8. The topological polar surface area (TPSA) is 36.0 Å². The Bertz CT molecular complexity index is 896. The molecule has 1 atom stereocenters. The maximum Gasteiger partial charge on any atom is 0.254 e. The minimum absolute atomic E-state index is 0.0327. The number of hydrogen-bond donors (Lipinski definition) is 0. The molecule has 2 aromatic rings. The van der Waals surface area contributed by atoms with Crippen LogP contribution in [0.25, 0.3) is 0 Å². The smallest absolute Gasteiger partial charge is 0.254 e. The molecule has 2 aliphatic heterocycles. The van der Waals surface area contributed by atoms with Crippen LogP contribution in [-0.4, -0.2) is 74.2 Å². The molecule has 0 N–H and O–H groups in total. The van der Waals surface area contributed by atoms with Crippen LogP contribution in [-0.2, 0) is 4.74 Å². The van der Waals surface area contributed by atoms with Crippen molar-refractivity contribution in [3.05, 3.63) is 64.2 Å². The van der Waals surface area contributed by atoms with Crippen LogP contribution in [0.3, 0.4) is 0 Å². The van der Waals surface area contributed by atoms with E-state index in [0.29, 0.717) is 30.3 Å². The van der Waals surface area contributed by atoms with Gasteiger partial charge in [0.2, 0.25) is 0 Å². The van der Waals surface area contributed by atoms with E-state index >= 15 is 0 Å². The van der Waals surface area contributed by atoms with E-state index in [1.807, 2.05) is 17.0 Å². The molecular formula is C24H30ClN3O2. The van der Waals surface area contributed by atoms with Crippen molar-refractivity contribution in [3.8, 4) is 0 Å². The summed E-state index contributed by atoms with van der Waals surface area (Å²) >= 11 is 6.05. The SMILES string of the molecule is Cc1ccc(N2CCN(CC3CN(C(=O)c4cccc(Cl)c4)CCO3)CC2)cc1C. The lowest BCUT2D eigenvalue weighted by molar-refractivity contribution is -0.0363. The zero-order valence-corrected chi connectivity index (χ0v) is 18.6. The van der Waals surface area contributed by atoms with Gasteiger partial charge < -0.3 is 14.5 Å². The fraction of sp³-hybridized carbons (Fsp3) is 0.458. The third-order valence-corrected chi connectivity index (χ3v) is 6.42. The van der Waals surface area contributed by atoms with Crippen LogP contribution in [0.2, 0.25) is 5.02 Å². The van der Waals surface area contributed by atoms with Gasteiger partial charge in [-0.25, -0.2) is 0 Å². The second-order valence-corrected chi connectivity index (χ2v) is 8.75. The third kappa shape index (κ3) is 4.97. The number of halogens is 1. The Morgan fingerprint density at radius 3 is 2.57 bits per heavy atom. The summed E-state index contributed by atoms with van der Waals surface area (Å²) in [5, 5.41) is 0.590. The number of anilines is 1. The van der Waals surface area contributed by atoms with Crippen LogP contribution < -0.4 is 4.90 Å². The number of rotatable bonds is 4. The Kier molecular flexibility index (Phi) is 6.61. The highest BCUT2D eigenvalue weighted by molar-refractivity contribution is 6.30. The molecule has 2 heterocycles. The summed E-state index contributed by atoms with van der Waals surface area (Å²) in [6.07, 6.45) is 0.0510. The summed E-state index contributed by atoms with van der Waals surface area (Å²) < 4.78 is 5.99. The van der Waals surface area contributed by atoms with Gasteiger partial charge in [-0.05, 0) is 55.3 Å². The molecule has 30 heavy (non-hydrogen) atoms. The van der Waals surface area contributed by atoms with Crippen LogP contribution in [0.1, 0.15) is 21.5 Å². The summed E-state index contributed by atoms with van der Waals surface area (Å²) in [7, 11) is 0. The number of benzene rings is 2. The predicted octanol–water partition coefficient (Wildman–Crippen LogP) is 3.62. The van der Waals surface area contributed by atoms with Crippen LogP contribution in [0.5, 0.6) is 0 Å². The van der Waals surface area contributed by atoms with Gasteiger partial charge >= 0.3 is 0 Å². The first-order valence-electron chi connectivity index (χ1n) is 10.7. The minimum Gasteiger partial charge on any atom is -0.373 e. The fourth-order valence-electron chi connectivity index (χ4n) is 4.22. The molecule has 2 fully saturated rings. The number of carbonyl (C=O) groups is 1. The van der Waals surface area contributed by atoms with Gasteiger partial charge in [0.1, 0.15) is 0 Å². The van der Waals surface area contributed by atoms with E-state index in [2.05, 4.69) is 41.8 Å². The number of hydrogen-bond acceptors (Lipinski definition) is 4. The van der Waals surface area contributed by atoms with E-state index in [0.717, 1.165) is 32.7 Å². The van der Waals surface area contributed by atoms with Gasteiger partial charge in [0.15, 0.2) is 0 Å². The number of nitrogens with zero attached hydrogens (tertiary/aromatic N) is 3. The van der Waals surface area contributed by atoms with Crippen molar-refractivity contribution in [3.63, 3.8) is 0 Å². The van der Waals surface area contributed by atoms with E-state index in [1.165, 1.54) is 16.8 Å². The van der Waals surface area contributed by atoms with Gasteiger partial charge in [0.05, 0.1) is 12.7 Å². The average Bonchev–Trinajstić information content (AvgIpc) is 2.76. The molecule has 1 amide bonds. The summed E-state index contributed by atoms with van der Waals surface area (Å²) in [5.74, 6) is 0.0327. The first kappa shape index (κ1) is 21.2. The molecular weight excluding hydrogens is 398 g/mol. The molecule has 2 aromatic carbocycles. The number of morpholine rings is 1. The van der Waals surface area contributed by atoms with Crippen LogP contribution in [0, 0.1) is 13.8 Å². The van der Waals surface area contributed by atoms with Crippen molar-refractivity contribution in [1.82, 2.24) is 9.80 Å². The van der Waals surface area contributed by atoms with Gasteiger partial charge in [0, 0.05) is 62.1 Å². The molecule has 0 aliphatic carbocycles. The quantitative estimate of drug-likeness (QED) is 0.746. The Balaban J connectivity index is 1.29. The lowest BCUT2D eigenvalue weighted by atomic mass is 10.1. The molecule has 1 unspecified atom stereocenters. The second-order valence-electron chi connectivity index (χ2n) is 8.31. The van der Waals surface area contributed by atoms with Gasteiger partial charge in [-0.1, -0.05) is 23.7 Å². The lowest BCUT2D eigenvalue weighted by Crippen LogP contribution is -2.53. The van der Waals surface area contributed by atoms with E-state index in [9.17, 15) is 4.79 Å². The standard InChI is InChI=1S/C24H30ClN3O2/c1-18-6-7-22(14-19(18)2)27-10-8-26(9-11-27)16-23-17-28(12-13-30-23)24(29)20-4-3-5-21(25)15-20/h3-7,14-15,23H,8-13,16-17H2,1-2H3. The summed E-state index contributed by atoms with van der Waals surface area (Å²) in [4.78, 5) is 19.6. The van der Waals surface area contributed by atoms with Crippen LogP contribution >= 0.6 is 11.6 Å². The van der Waals surface area contributed by atoms with E-state index < -0.39 is 0 Å². The molecule has 4 rings (SSSR count).